The zero-order valence-corrected chi connectivity index (χ0v) is 15.4. The van der Waals surface area contributed by atoms with Crippen LogP contribution < -0.4 is 5.32 Å². The Hall–Kier alpha value is -1.88. The topological polar surface area (TPSA) is 58.6 Å². The van der Waals surface area contributed by atoms with E-state index in [9.17, 15) is 9.59 Å². The van der Waals surface area contributed by atoms with Gasteiger partial charge in [-0.3, -0.25) is 9.59 Å². The fourth-order valence-electron chi connectivity index (χ4n) is 3.88. The summed E-state index contributed by atoms with van der Waals surface area (Å²) in [5.41, 5.74) is 2.33. The molecule has 136 valence electrons. The molecule has 1 aromatic rings. The Morgan fingerprint density at radius 2 is 1.92 bits per heavy atom. The Bertz CT molecular complexity index is 642. The van der Waals surface area contributed by atoms with E-state index in [1.807, 2.05) is 30.0 Å². The minimum Gasteiger partial charge on any atom is -0.381 e. The summed E-state index contributed by atoms with van der Waals surface area (Å²) in [6, 6.07) is 5.58. The van der Waals surface area contributed by atoms with E-state index < -0.39 is 0 Å². The molecule has 2 saturated heterocycles. The Morgan fingerprint density at radius 1 is 1.20 bits per heavy atom. The molecule has 25 heavy (non-hydrogen) atoms. The third kappa shape index (κ3) is 4.21. The van der Waals surface area contributed by atoms with Gasteiger partial charge in [0.25, 0.3) is 5.91 Å². The van der Waals surface area contributed by atoms with Gasteiger partial charge in [-0.15, -0.1) is 0 Å². The molecule has 3 atom stereocenters. The summed E-state index contributed by atoms with van der Waals surface area (Å²) >= 11 is 0. The van der Waals surface area contributed by atoms with Crippen LogP contribution in [-0.4, -0.2) is 43.0 Å². The van der Waals surface area contributed by atoms with Crippen molar-refractivity contribution < 1.29 is 14.3 Å². The van der Waals surface area contributed by atoms with E-state index in [1.165, 1.54) is 6.42 Å². The van der Waals surface area contributed by atoms with Gasteiger partial charge in [-0.25, -0.2) is 0 Å². The molecule has 3 rings (SSSR count). The van der Waals surface area contributed by atoms with Gasteiger partial charge in [0.05, 0.1) is 12.5 Å². The van der Waals surface area contributed by atoms with Crippen LogP contribution in [0.1, 0.15) is 42.6 Å². The van der Waals surface area contributed by atoms with E-state index in [2.05, 4.69) is 19.2 Å². The number of anilines is 1. The van der Waals surface area contributed by atoms with Crippen molar-refractivity contribution in [2.24, 2.45) is 17.8 Å². The number of carbonyl (C=O) groups excluding carboxylic acids is 2. The Kier molecular flexibility index (Phi) is 5.42. The van der Waals surface area contributed by atoms with Gasteiger partial charge in [0.2, 0.25) is 5.91 Å². The molecule has 1 N–H and O–H groups in total. The number of aryl methyl sites for hydroxylation is 1. The largest absolute Gasteiger partial charge is 0.381 e. The average molecular weight is 344 g/mol. The second-order valence-electron chi connectivity index (χ2n) is 7.74. The number of nitrogens with one attached hydrogen (secondary N) is 1. The lowest BCUT2D eigenvalue weighted by atomic mass is 9.91. The SMILES string of the molecule is Cc1ccc(C(=O)N2CC(C)CC(C)C2)cc1NC(=O)C1CCOC1. The molecule has 0 saturated carbocycles. The minimum absolute atomic E-state index is 0.0228. The van der Waals surface area contributed by atoms with Crippen molar-refractivity contribution in [3.8, 4) is 0 Å². The molecule has 2 amide bonds. The first-order valence-corrected chi connectivity index (χ1v) is 9.22. The van der Waals surface area contributed by atoms with Crippen LogP contribution in [0.3, 0.4) is 0 Å². The van der Waals surface area contributed by atoms with Crippen LogP contribution >= 0.6 is 0 Å². The number of amides is 2. The van der Waals surface area contributed by atoms with Crippen molar-refractivity contribution in [1.82, 2.24) is 4.90 Å². The van der Waals surface area contributed by atoms with Gasteiger partial charge >= 0.3 is 0 Å². The molecule has 2 aliphatic rings. The molecular formula is C20H28N2O3. The zero-order chi connectivity index (χ0) is 18.0. The molecule has 3 unspecified atom stereocenters. The van der Waals surface area contributed by atoms with E-state index in [1.54, 1.807) is 0 Å². The van der Waals surface area contributed by atoms with E-state index in [0.29, 0.717) is 30.6 Å². The van der Waals surface area contributed by atoms with Gasteiger partial charge in [-0.05, 0) is 49.3 Å². The normalized spacial score (nSPS) is 26.5. The van der Waals surface area contributed by atoms with E-state index >= 15 is 0 Å². The maximum Gasteiger partial charge on any atom is 0.253 e. The van der Waals surface area contributed by atoms with Crippen molar-refractivity contribution in [2.75, 3.05) is 31.6 Å². The van der Waals surface area contributed by atoms with Crippen LogP contribution in [0.5, 0.6) is 0 Å². The van der Waals surface area contributed by atoms with Gasteiger partial charge in [-0.2, -0.15) is 0 Å². The lowest BCUT2D eigenvalue weighted by Gasteiger charge is -2.35. The monoisotopic (exact) mass is 344 g/mol. The van der Waals surface area contributed by atoms with Gasteiger partial charge in [0, 0.05) is 30.9 Å². The molecule has 2 heterocycles. The maximum absolute atomic E-state index is 12.9. The maximum atomic E-state index is 12.9. The average Bonchev–Trinajstić information content (AvgIpc) is 3.10. The van der Waals surface area contributed by atoms with Crippen molar-refractivity contribution >= 4 is 17.5 Å². The van der Waals surface area contributed by atoms with Crippen molar-refractivity contribution in [3.05, 3.63) is 29.3 Å². The molecule has 0 aliphatic carbocycles. The second-order valence-corrected chi connectivity index (χ2v) is 7.74. The molecule has 0 spiro atoms. The number of benzene rings is 1. The molecule has 1 aromatic carbocycles. The molecule has 0 aromatic heterocycles. The Balaban J connectivity index is 1.74. The summed E-state index contributed by atoms with van der Waals surface area (Å²) < 4.78 is 5.29. The molecule has 2 aliphatic heterocycles. The lowest BCUT2D eigenvalue weighted by Crippen LogP contribution is -2.42. The quantitative estimate of drug-likeness (QED) is 0.917. The smallest absolute Gasteiger partial charge is 0.253 e. The summed E-state index contributed by atoms with van der Waals surface area (Å²) in [5.74, 6) is 0.991. The predicted octanol–water partition coefficient (Wildman–Crippen LogP) is 3.09. The fourth-order valence-corrected chi connectivity index (χ4v) is 3.88. The van der Waals surface area contributed by atoms with E-state index in [4.69, 9.17) is 4.74 Å². The number of rotatable bonds is 3. The van der Waals surface area contributed by atoms with E-state index in [0.717, 1.165) is 30.8 Å². The third-order valence-corrected chi connectivity index (χ3v) is 5.20. The number of hydrogen-bond donors (Lipinski definition) is 1. The summed E-state index contributed by atoms with van der Waals surface area (Å²) in [6.45, 7) is 9.06. The highest BCUT2D eigenvalue weighted by Crippen LogP contribution is 2.25. The Morgan fingerprint density at radius 3 is 2.56 bits per heavy atom. The van der Waals surface area contributed by atoms with Crippen LogP contribution in [0.25, 0.3) is 0 Å². The highest BCUT2D eigenvalue weighted by Gasteiger charge is 2.27. The molecule has 0 radical (unpaired) electrons. The first-order valence-electron chi connectivity index (χ1n) is 9.22. The van der Waals surface area contributed by atoms with Gasteiger partial charge in [-0.1, -0.05) is 19.9 Å². The van der Waals surface area contributed by atoms with E-state index in [-0.39, 0.29) is 17.7 Å². The van der Waals surface area contributed by atoms with Crippen molar-refractivity contribution in [3.63, 3.8) is 0 Å². The van der Waals surface area contributed by atoms with Crippen LogP contribution in [0.4, 0.5) is 5.69 Å². The molecule has 5 nitrogen and oxygen atoms in total. The van der Waals surface area contributed by atoms with Crippen LogP contribution in [-0.2, 0) is 9.53 Å². The van der Waals surface area contributed by atoms with Crippen LogP contribution in [0.2, 0.25) is 0 Å². The minimum atomic E-state index is -0.0949. The van der Waals surface area contributed by atoms with Crippen molar-refractivity contribution in [1.29, 1.82) is 0 Å². The Labute approximate surface area is 149 Å². The predicted molar refractivity (Wildman–Crippen MR) is 97.6 cm³/mol. The highest BCUT2D eigenvalue weighted by atomic mass is 16.5. The summed E-state index contributed by atoms with van der Waals surface area (Å²) in [6.07, 6.45) is 1.93. The van der Waals surface area contributed by atoms with Gasteiger partial charge in [0.15, 0.2) is 0 Å². The number of nitrogens with zero attached hydrogens (tertiary/aromatic N) is 1. The molecular weight excluding hydrogens is 316 g/mol. The molecule has 5 heteroatoms. The summed E-state index contributed by atoms with van der Waals surface area (Å²) in [7, 11) is 0. The first-order chi connectivity index (χ1) is 11.9. The number of ether oxygens (including phenoxy) is 1. The second kappa shape index (κ2) is 7.56. The number of carbonyl (C=O) groups is 2. The number of piperidine rings is 1. The summed E-state index contributed by atoms with van der Waals surface area (Å²) in [5, 5.41) is 2.98. The number of likely N-dealkylation sites (tertiary alicyclic amines) is 1. The zero-order valence-electron chi connectivity index (χ0n) is 15.4. The fraction of sp³-hybridized carbons (Fsp3) is 0.600. The first kappa shape index (κ1) is 17.9. The standard InChI is InChI=1S/C20H28N2O3/c1-13-8-14(2)11-22(10-13)20(24)16-5-4-15(3)18(9-16)21-19(23)17-6-7-25-12-17/h4-5,9,13-14,17H,6-8,10-12H2,1-3H3,(H,21,23). The highest BCUT2D eigenvalue weighted by molar-refractivity contribution is 5.98. The lowest BCUT2D eigenvalue weighted by molar-refractivity contribution is -0.119. The van der Waals surface area contributed by atoms with Crippen LogP contribution in [0, 0.1) is 24.7 Å². The van der Waals surface area contributed by atoms with Crippen LogP contribution in [0.15, 0.2) is 18.2 Å². The third-order valence-electron chi connectivity index (χ3n) is 5.20. The number of hydrogen-bond acceptors (Lipinski definition) is 3. The van der Waals surface area contributed by atoms with Gasteiger partial charge in [0.1, 0.15) is 0 Å². The molecule has 0 bridgehead atoms. The van der Waals surface area contributed by atoms with Gasteiger partial charge < -0.3 is 15.0 Å². The molecule has 2 fully saturated rings. The summed E-state index contributed by atoms with van der Waals surface area (Å²) in [4.78, 5) is 27.2. The van der Waals surface area contributed by atoms with Crippen molar-refractivity contribution in [2.45, 2.75) is 33.6 Å².